The first kappa shape index (κ1) is 11.6. The van der Waals surface area contributed by atoms with E-state index in [9.17, 15) is 0 Å². The fourth-order valence-corrected chi connectivity index (χ4v) is 2.24. The van der Waals surface area contributed by atoms with Gasteiger partial charge in [-0.05, 0) is 33.7 Å². The van der Waals surface area contributed by atoms with Crippen LogP contribution in [0.1, 0.15) is 44.5 Å². The number of rotatable bonds is 5. The summed E-state index contributed by atoms with van der Waals surface area (Å²) in [6, 6.07) is 1.47. The second-order valence-corrected chi connectivity index (χ2v) is 4.97. The van der Waals surface area contributed by atoms with Gasteiger partial charge < -0.3 is 10.3 Å². The summed E-state index contributed by atoms with van der Waals surface area (Å²) in [7, 11) is 2.17. The van der Waals surface area contributed by atoms with Gasteiger partial charge in [0.2, 0.25) is 0 Å². The Morgan fingerprint density at radius 3 is 2.75 bits per heavy atom. The largest absolute Gasteiger partial charge is 0.331 e. The molecule has 4 heteroatoms. The van der Waals surface area contributed by atoms with E-state index in [0.29, 0.717) is 18.6 Å². The zero-order chi connectivity index (χ0) is 11.7. The van der Waals surface area contributed by atoms with Crippen molar-refractivity contribution in [2.24, 2.45) is 5.73 Å². The fourth-order valence-electron chi connectivity index (χ4n) is 2.24. The van der Waals surface area contributed by atoms with Crippen molar-refractivity contribution in [3.05, 3.63) is 18.2 Å². The summed E-state index contributed by atoms with van der Waals surface area (Å²) in [6.45, 7) is 5.01. The first-order valence-corrected chi connectivity index (χ1v) is 6.09. The van der Waals surface area contributed by atoms with Gasteiger partial charge >= 0.3 is 0 Å². The number of nitrogens with zero attached hydrogens (tertiary/aromatic N) is 3. The first-order chi connectivity index (χ1) is 7.65. The van der Waals surface area contributed by atoms with Crippen LogP contribution in [0.5, 0.6) is 0 Å². The van der Waals surface area contributed by atoms with Crippen molar-refractivity contribution in [2.75, 3.05) is 13.6 Å². The molecule has 0 radical (unpaired) electrons. The van der Waals surface area contributed by atoms with E-state index < -0.39 is 0 Å². The first-order valence-electron chi connectivity index (χ1n) is 6.09. The minimum Gasteiger partial charge on any atom is -0.331 e. The van der Waals surface area contributed by atoms with E-state index in [0.717, 1.165) is 6.04 Å². The molecule has 1 heterocycles. The molecular formula is C12H22N4. The van der Waals surface area contributed by atoms with Crippen LogP contribution in [-0.4, -0.2) is 34.1 Å². The summed E-state index contributed by atoms with van der Waals surface area (Å²) in [4.78, 5) is 6.65. The lowest BCUT2D eigenvalue weighted by atomic mass is 10.1. The molecule has 0 aliphatic heterocycles. The smallest absolute Gasteiger partial charge is 0.0951 e. The number of likely N-dealkylation sites (N-methyl/N-ethyl adjacent to an activating group) is 1. The van der Waals surface area contributed by atoms with Crippen molar-refractivity contribution in [3.63, 3.8) is 0 Å². The Balaban J connectivity index is 2.21. The molecule has 1 aromatic rings. The molecule has 0 aromatic carbocycles. The van der Waals surface area contributed by atoms with Crippen LogP contribution in [0.3, 0.4) is 0 Å². The van der Waals surface area contributed by atoms with Gasteiger partial charge in [0.25, 0.3) is 0 Å². The van der Waals surface area contributed by atoms with Gasteiger partial charge in [-0.2, -0.15) is 0 Å². The van der Waals surface area contributed by atoms with Crippen LogP contribution in [-0.2, 0) is 0 Å². The number of hydrogen-bond acceptors (Lipinski definition) is 3. The van der Waals surface area contributed by atoms with Crippen molar-refractivity contribution in [1.29, 1.82) is 0 Å². The second kappa shape index (κ2) is 4.55. The highest BCUT2D eigenvalue weighted by Gasteiger charge is 2.32. The predicted molar refractivity (Wildman–Crippen MR) is 65.2 cm³/mol. The molecule has 1 aliphatic rings. The van der Waals surface area contributed by atoms with Gasteiger partial charge in [-0.3, -0.25) is 4.90 Å². The molecule has 0 amide bonds. The molecule has 1 atom stereocenters. The third kappa shape index (κ3) is 2.13. The Kier molecular flexibility index (Phi) is 3.30. The molecule has 0 spiro atoms. The SMILES string of the molecule is CC(C)n1cncc1C(CN)N(C)C1CC1. The molecule has 16 heavy (non-hydrogen) atoms. The van der Waals surface area contributed by atoms with Crippen molar-refractivity contribution >= 4 is 0 Å². The van der Waals surface area contributed by atoms with Gasteiger partial charge in [-0.25, -0.2) is 4.98 Å². The van der Waals surface area contributed by atoms with E-state index >= 15 is 0 Å². The Labute approximate surface area is 97.4 Å². The lowest BCUT2D eigenvalue weighted by molar-refractivity contribution is 0.229. The topological polar surface area (TPSA) is 47.1 Å². The predicted octanol–water partition coefficient (Wildman–Crippen LogP) is 1.56. The van der Waals surface area contributed by atoms with Gasteiger partial charge in [0, 0.05) is 24.8 Å². The van der Waals surface area contributed by atoms with Gasteiger partial charge in [0.15, 0.2) is 0 Å². The van der Waals surface area contributed by atoms with E-state index in [1.54, 1.807) is 0 Å². The van der Waals surface area contributed by atoms with Crippen LogP contribution >= 0.6 is 0 Å². The van der Waals surface area contributed by atoms with Crippen LogP contribution < -0.4 is 5.73 Å². The summed E-state index contributed by atoms with van der Waals surface area (Å²) in [6.07, 6.45) is 6.48. The maximum atomic E-state index is 5.92. The molecule has 90 valence electrons. The molecular weight excluding hydrogens is 200 g/mol. The number of imidazole rings is 1. The molecule has 0 saturated heterocycles. The Morgan fingerprint density at radius 1 is 1.56 bits per heavy atom. The van der Waals surface area contributed by atoms with Gasteiger partial charge in [0.05, 0.1) is 18.1 Å². The van der Waals surface area contributed by atoms with Crippen molar-refractivity contribution in [3.8, 4) is 0 Å². The lowest BCUT2D eigenvalue weighted by Gasteiger charge is -2.28. The van der Waals surface area contributed by atoms with Crippen molar-refractivity contribution in [1.82, 2.24) is 14.5 Å². The highest BCUT2D eigenvalue weighted by atomic mass is 15.2. The second-order valence-electron chi connectivity index (χ2n) is 4.97. The highest BCUT2D eigenvalue weighted by molar-refractivity contribution is 5.09. The van der Waals surface area contributed by atoms with E-state index in [1.807, 2.05) is 12.5 Å². The fraction of sp³-hybridized carbons (Fsp3) is 0.750. The average Bonchev–Trinajstić information content (AvgIpc) is 2.99. The minimum atomic E-state index is 0.303. The molecule has 4 nitrogen and oxygen atoms in total. The third-order valence-electron chi connectivity index (χ3n) is 3.43. The highest BCUT2D eigenvalue weighted by Crippen LogP contribution is 2.32. The Hall–Kier alpha value is -0.870. The molecule has 0 bridgehead atoms. The normalized spacial score (nSPS) is 18.4. The molecule has 2 N–H and O–H groups in total. The monoisotopic (exact) mass is 222 g/mol. The zero-order valence-electron chi connectivity index (χ0n) is 10.4. The molecule has 1 aliphatic carbocycles. The van der Waals surface area contributed by atoms with Crippen molar-refractivity contribution < 1.29 is 0 Å². The molecule has 2 rings (SSSR count). The summed E-state index contributed by atoms with van der Waals surface area (Å²) < 4.78 is 2.22. The third-order valence-corrected chi connectivity index (χ3v) is 3.43. The Morgan fingerprint density at radius 2 is 2.25 bits per heavy atom. The average molecular weight is 222 g/mol. The van der Waals surface area contributed by atoms with Crippen LogP contribution in [0.15, 0.2) is 12.5 Å². The summed E-state index contributed by atoms with van der Waals surface area (Å²) in [5, 5.41) is 0. The van der Waals surface area contributed by atoms with Crippen LogP contribution in [0.4, 0.5) is 0 Å². The van der Waals surface area contributed by atoms with Gasteiger partial charge in [-0.1, -0.05) is 0 Å². The lowest BCUT2D eigenvalue weighted by Crippen LogP contribution is -2.33. The maximum absolute atomic E-state index is 5.92. The summed E-state index contributed by atoms with van der Waals surface area (Å²) in [5.41, 5.74) is 7.16. The number of hydrogen-bond donors (Lipinski definition) is 1. The number of aromatic nitrogens is 2. The van der Waals surface area contributed by atoms with Crippen LogP contribution in [0.25, 0.3) is 0 Å². The standard InChI is InChI=1S/C12H22N4/c1-9(2)16-8-14-7-12(16)11(6-13)15(3)10-4-5-10/h7-11H,4-6,13H2,1-3H3. The quantitative estimate of drug-likeness (QED) is 0.822. The number of nitrogens with two attached hydrogens (primary N) is 1. The Bertz CT molecular complexity index is 341. The van der Waals surface area contributed by atoms with Crippen LogP contribution in [0.2, 0.25) is 0 Å². The van der Waals surface area contributed by atoms with E-state index in [1.165, 1.54) is 18.5 Å². The summed E-state index contributed by atoms with van der Waals surface area (Å²) >= 11 is 0. The van der Waals surface area contributed by atoms with Gasteiger partial charge in [-0.15, -0.1) is 0 Å². The maximum Gasteiger partial charge on any atom is 0.0951 e. The molecule has 1 saturated carbocycles. The molecule has 1 fully saturated rings. The molecule has 1 aromatic heterocycles. The minimum absolute atomic E-state index is 0.303. The van der Waals surface area contributed by atoms with E-state index in [2.05, 4.69) is 35.3 Å². The van der Waals surface area contributed by atoms with E-state index in [-0.39, 0.29) is 0 Å². The summed E-state index contributed by atoms with van der Waals surface area (Å²) in [5.74, 6) is 0. The molecule has 1 unspecified atom stereocenters. The zero-order valence-corrected chi connectivity index (χ0v) is 10.4. The van der Waals surface area contributed by atoms with Gasteiger partial charge in [0.1, 0.15) is 0 Å². The van der Waals surface area contributed by atoms with Crippen LogP contribution in [0, 0.1) is 0 Å². The van der Waals surface area contributed by atoms with Crippen molar-refractivity contribution in [2.45, 2.75) is 44.8 Å². The van der Waals surface area contributed by atoms with E-state index in [4.69, 9.17) is 5.73 Å².